The van der Waals surface area contributed by atoms with Crippen molar-refractivity contribution in [2.75, 3.05) is 7.11 Å². The summed E-state index contributed by atoms with van der Waals surface area (Å²) in [4.78, 5) is 17.7. The molecule has 2 atom stereocenters. The number of nitrogens with zero attached hydrogens (tertiary/aromatic N) is 1. The molecule has 2 aliphatic rings. The molecule has 0 bridgehead atoms. The van der Waals surface area contributed by atoms with Crippen molar-refractivity contribution < 1.29 is 14.0 Å². The van der Waals surface area contributed by atoms with E-state index in [1.165, 1.54) is 30.4 Å². The lowest BCUT2D eigenvalue weighted by Gasteiger charge is -2.45. The van der Waals surface area contributed by atoms with Gasteiger partial charge in [-0.25, -0.2) is 0 Å². The average molecular weight is 460 g/mol. The van der Waals surface area contributed by atoms with Crippen LogP contribution in [0.2, 0.25) is 18.1 Å². The predicted octanol–water partition coefficient (Wildman–Crippen LogP) is 7.68. The summed E-state index contributed by atoms with van der Waals surface area (Å²) in [5, 5.41) is 0.130. The van der Waals surface area contributed by atoms with Crippen LogP contribution in [-0.4, -0.2) is 26.7 Å². The van der Waals surface area contributed by atoms with Gasteiger partial charge in [-0.2, -0.15) is 0 Å². The van der Waals surface area contributed by atoms with E-state index >= 15 is 0 Å². The van der Waals surface area contributed by atoms with Crippen molar-refractivity contribution in [1.82, 2.24) is 4.98 Å². The van der Waals surface area contributed by atoms with Gasteiger partial charge in [0, 0.05) is 23.9 Å². The minimum absolute atomic E-state index is 0.00432. The fourth-order valence-electron chi connectivity index (χ4n) is 5.34. The Morgan fingerprint density at radius 3 is 2.28 bits per heavy atom. The molecule has 1 saturated carbocycles. The maximum absolute atomic E-state index is 12.5. The van der Waals surface area contributed by atoms with Gasteiger partial charge in [0.25, 0.3) is 0 Å². The van der Waals surface area contributed by atoms with Crippen LogP contribution in [0.1, 0.15) is 131 Å². The first-order chi connectivity index (χ1) is 14.8. The molecule has 1 heterocycles. The van der Waals surface area contributed by atoms with Crippen LogP contribution in [0.25, 0.3) is 0 Å². The predicted molar refractivity (Wildman–Crippen MR) is 134 cm³/mol. The van der Waals surface area contributed by atoms with Gasteiger partial charge in [0.2, 0.25) is 0 Å². The normalized spacial score (nSPS) is 23.0. The molecule has 0 saturated heterocycles. The van der Waals surface area contributed by atoms with Crippen LogP contribution < -0.4 is 0 Å². The van der Waals surface area contributed by atoms with E-state index < -0.39 is 8.32 Å². The third kappa shape index (κ3) is 5.05. The molecule has 0 aliphatic heterocycles. The number of aromatic nitrogens is 1. The standard InChI is InChI=1S/C27H45NO3Si/c1-18(30-7)25-20(17-29)23(19-13-11-10-12-14-19)24-21(28-25)15-27(5,6)16-22(24)31-32(8,9)26(2,3)4/h17-19,22H,10-16H2,1-9H3/t18?,22-/m0/s1. The summed E-state index contributed by atoms with van der Waals surface area (Å²) in [6.07, 6.45) is 8.79. The first-order valence-corrected chi connectivity index (χ1v) is 15.4. The molecule has 1 unspecified atom stereocenters. The summed E-state index contributed by atoms with van der Waals surface area (Å²) in [7, 11) is -0.304. The Morgan fingerprint density at radius 1 is 1.12 bits per heavy atom. The van der Waals surface area contributed by atoms with E-state index in [1.54, 1.807) is 7.11 Å². The van der Waals surface area contributed by atoms with Crippen molar-refractivity contribution in [3.05, 3.63) is 28.1 Å². The van der Waals surface area contributed by atoms with Gasteiger partial charge in [0.05, 0.1) is 17.9 Å². The van der Waals surface area contributed by atoms with E-state index in [1.807, 2.05) is 6.92 Å². The Balaban J connectivity index is 2.26. The molecule has 1 aromatic heterocycles. The summed E-state index contributed by atoms with van der Waals surface area (Å²) in [5.41, 5.74) is 5.31. The Hall–Kier alpha value is -1.04. The van der Waals surface area contributed by atoms with Gasteiger partial charge >= 0.3 is 0 Å². The van der Waals surface area contributed by atoms with E-state index in [0.29, 0.717) is 5.92 Å². The second kappa shape index (κ2) is 9.30. The van der Waals surface area contributed by atoms with Crippen LogP contribution in [0, 0.1) is 5.41 Å². The molecule has 2 aliphatic carbocycles. The Bertz CT molecular complexity index is 834. The summed E-state index contributed by atoms with van der Waals surface area (Å²) < 4.78 is 12.8. The fraction of sp³-hybridized carbons (Fsp3) is 0.778. The molecule has 4 nitrogen and oxygen atoms in total. The highest BCUT2D eigenvalue weighted by Crippen LogP contribution is 2.51. The quantitative estimate of drug-likeness (QED) is 0.323. The van der Waals surface area contributed by atoms with E-state index in [2.05, 4.69) is 47.7 Å². The molecule has 32 heavy (non-hydrogen) atoms. The third-order valence-electron chi connectivity index (χ3n) is 8.24. The zero-order chi connectivity index (χ0) is 23.9. The lowest BCUT2D eigenvalue weighted by molar-refractivity contribution is 0.0982. The van der Waals surface area contributed by atoms with E-state index in [4.69, 9.17) is 14.1 Å². The highest BCUT2D eigenvalue weighted by molar-refractivity contribution is 6.74. The minimum Gasteiger partial charge on any atom is -0.410 e. The smallest absolute Gasteiger partial charge is 0.192 e. The van der Waals surface area contributed by atoms with Crippen LogP contribution in [0.4, 0.5) is 0 Å². The number of aldehydes is 1. The molecule has 0 N–H and O–H groups in total. The zero-order valence-electron chi connectivity index (χ0n) is 21.9. The Morgan fingerprint density at radius 2 is 1.75 bits per heavy atom. The number of hydrogen-bond donors (Lipinski definition) is 0. The number of ether oxygens (including phenoxy) is 1. The summed E-state index contributed by atoms with van der Waals surface area (Å²) in [6, 6.07) is 0. The second-order valence-electron chi connectivity index (χ2n) is 12.4. The van der Waals surface area contributed by atoms with Crippen LogP contribution in [0.3, 0.4) is 0 Å². The highest BCUT2D eigenvalue weighted by Gasteiger charge is 2.45. The largest absolute Gasteiger partial charge is 0.410 e. The van der Waals surface area contributed by atoms with Gasteiger partial charge in [-0.05, 0) is 67.6 Å². The summed E-state index contributed by atoms with van der Waals surface area (Å²) >= 11 is 0. The maximum atomic E-state index is 12.5. The molecule has 0 aromatic carbocycles. The first kappa shape index (κ1) is 25.6. The zero-order valence-corrected chi connectivity index (χ0v) is 22.9. The maximum Gasteiger partial charge on any atom is 0.192 e. The van der Waals surface area contributed by atoms with Crippen molar-refractivity contribution in [2.45, 2.75) is 123 Å². The highest BCUT2D eigenvalue weighted by atomic mass is 28.4. The Kier molecular flexibility index (Phi) is 7.44. The van der Waals surface area contributed by atoms with Crippen molar-refractivity contribution in [1.29, 1.82) is 0 Å². The van der Waals surface area contributed by atoms with Gasteiger partial charge in [-0.3, -0.25) is 9.78 Å². The first-order valence-electron chi connectivity index (χ1n) is 12.5. The molecule has 0 amide bonds. The van der Waals surface area contributed by atoms with Crippen LogP contribution in [0.15, 0.2) is 0 Å². The van der Waals surface area contributed by atoms with Crippen molar-refractivity contribution in [2.24, 2.45) is 5.41 Å². The molecule has 0 spiro atoms. The topological polar surface area (TPSA) is 48.4 Å². The number of pyridine rings is 1. The van der Waals surface area contributed by atoms with Crippen molar-refractivity contribution in [3.63, 3.8) is 0 Å². The monoisotopic (exact) mass is 459 g/mol. The molecule has 5 heteroatoms. The molecular formula is C27H45NO3Si. The summed E-state index contributed by atoms with van der Waals surface area (Å²) in [5.74, 6) is 0.412. The Labute approximate surface area is 197 Å². The third-order valence-corrected chi connectivity index (χ3v) is 12.7. The lowest BCUT2D eigenvalue weighted by Crippen LogP contribution is -2.44. The molecule has 3 rings (SSSR count). The van der Waals surface area contributed by atoms with Crippen molar-refractivity contribution >= 4 is 14.6 Å². The number of hydrogen-bond acceptors (Lipinski definition) is 4. The van der Waals surface area contributed by atoms with Gasteiger partial charge in [0.15, 0.2) is 14.6 Å². The van der Waals surface area contributed by atoms with Gasteiger partial charge < -0.3 is 9.16 Å². The number of rotatable bonds is 6. The number of carbonyl (C=O) groups is 1. The van der Waals surface area contributed by atoms with Crippen LogP contribution >= 0.6 is 0 Å². The minimum atomic E-state index is -2.01. The number of carbonyl (C=O) groups excluding carboxylic acids is 1. The van der Waals surface area contributed by atoms with Gasteiger partial charge in [0.1, 0.15) is 0 Å². The van der Waals surface area contributed by atoms with E-state index in [0.717, 1.165) is 48.9 Å². The SMILES string of the molecule is COC(C)c1nc2c(c(C3CCCCC3)c1C=O)[C@@H](O[Si](C)(C)C(C)(C)C)CC(C)(C)C2. The van der Waals surface area contributed by atoms with Crippen LogP contribution in [0.5, 0.6) is 0 Å². The van der Waals surface area contributed by atoms with E-state index in [9.17, 15) is 4.79 Å². The number of fused-ring (bicyclic) bond motifs is 1. The molecule has 180 valence electrons. The average Bonchev–Trinajstić information content (AvgIpc) is 2.70. The lowest BCUT2D eigenvalue weighted by atomic mass is 9.70. The number of methoxy groups -OCH3 is 1. The van der Waals surface area contributed by atoms with Gasteiger partial charge in [-0.1, -0.05) is 53.9 Å². The van der Waals surface area contributed by atoms with E-state index in [-0.39, 0.29) is 22.7 Å². The van der Waals surface area contributed by atoms with Crippen molar-refractivity contribution in [3.8, 4) is 0 Å². The fourth-order valence-corrected chi connectivity index (χ4v) is 6.60. The molecular weight excluding hydrogens is 414 g/mol. The molecule has 1 fully saturated rings. The molecule has 1 aromatic rings. The summed E-state index contributed by atoms with van der Waals surface area (Å²) in [6.45, 7) is 18.2. The van der Waals surface area contributed by atoms with Crippen LogP contribution in [-0.2, 0) is 15.6 Å². The van der Waals surface area contributed by atoms with Gasteiger partial charge in [-0.15, -0.1) is 0 Å². The second-order valence-corrected chi connectivity index (χ2v) is 17.2. The molecule has 0 radical (unpaired) electrons.